The zero-order valence-corrected chi connectivity index (χ0v) is 10.5. The molecule has 0 aromatic heterocycles. The van der Waals surface area contributed by atoms with E-state index >= 15 is 0 Å². The molecule has 1 aromatic rings. The fourth-order valence-corrected chi connectivity index (χ4v) is 3.07. The predicted octanol–water partition coefficient (Wildman–Crippen LogP) is 2.46. The lowest BCUT2D eigenvalue weighted by Gasteiger charge is -2.38. The van der Waals surface area contributed by atoms with Crippen LogP contribution in [0.5, 0.6) is 0 Å². The molecule has 18 heavy (non-hydrogen) atoms. The molecule has 1 aromatic carbocycles. The normalized spacial score (nSPS) is 31.2. The van der Waals surface area contributed by atoms with E-state index in [1.807, 2.05) is 18.2 Å². The van der Waals surface area contributed by atoms with Crippen LogP contribution in [-0.2, 0) is 10.3 Å². The van der Waals surface area contributed by atoms with Gasteiger partial charge in [0.05, 0.1) is 5.69 Å². The second-order valence-corrected chi connectivity index (χ2v) is 5.32. The van der Waals surface area contributed by atoms with Crippen LogP contribution in [0.15, 0.2) is 24.3 Å². The van der Waals surface area contributed by atoms with Crippen LogP contribution in [0.2, 0.25) is 0 Å². The molecule has 0 radical (unpaired) electrons. The van der Waals surface area contributed by atoms with Gasteiger partial charge in [-0.15, -0.1) is 0 Å². The van der Waals surface area contributed by atoms with Gasteiger partial charge in [-0.25, -0.2) is 4.79 Å². The molecule has 1 fully saturated rings. The Labute approximate surface area is 107 Å². The Morgan fingerprint density at radius 3 is 3.11 bits per heavy atom. The highest BCUT2D eigenvalue weighted by Gasteiger charge is 2.43. The Hall–Kier alpha value is -1.55. The van der Waals surface area contributed by atoms with Gasteiger partial charge in [0, 0.05) is 12.0 Å². The average molecular weight is 246 g/mol. The van der Waals surface area contributed by atoms with E-state index in [1.165, 1.54) is 0 Å². The zero-order valence-electron chi connectivity index (χ0n) is 10.5. The van der Waals surface area contributed by atoms with Gasteiger partial charge >= 0.3 is 6.09 Å². The monoisotopic (exact) mass is 246 g/mol. The van der Waals surface area contributed by atoms with Crippen molar-refractivity contribution < 1.29 is 9.53 Å². The summed E-state index contributed by atoms with van der Waals surface area (Å²) in [5.74, 6) is 0.492. The second-order valence-electron chi connectivity index (χ2n) is 5.32. The van der Waals surface area contributed by atoms with E-state index in [1.54, 1.807) is 0 Å². The van der Waals surface area contributed by atoms with Crippen LogP contribution in [0.4, 0.5) is 10.5 Å². The van der Waals surface area contributed by atoms with Gasteiger partial charge in [0.1, 0.15) is 5.60 Å². The van der Waals surface area contributed by atoms with Crippen molar-refractivity contribution in [3.8, 4) is 0 Å². The van der Waals surface area contributed by atoms with Crippen molar-refractivity contribution in [1.29, 1.82) is 0 Å². The third kappa shape index (κ3) is 1.86. The molecule has 0 bridgehead atoms. The lowest BCUT2D eigenvalue weighted by Crippen LogP contribution is -2.40. The Morgan fingerprint density at radius 1 is 1.39 bits per heavy atom. The molecule has 0 aliphatic carbocycles. The van der Waals surface area contributed by atoms with Crippen molar-refractivity contribution in [2.45, 2.75) is 25.4 Å². The van der Waals surface area contributed by atoms with Gasteiger partial charge in [0.15, 0.2) is 0 Å². The van der Waals surface area contributed by atoms with E-state index in [2.05, 4.69) is 23.6 Å². The molecular formula is C14H18N2O2. The van der Waals surface area contributed by atoms with Gasteiger partial charge in [0.25, 0.3) is 0 Å². The molecule has 2 atom stereocenters. The molecule has 4 nitrogen and oxygen atoms in total. The summed E-state index contributed by atoms with van der Waals surface area (Å²) in [6.45, 7) is 4.05. The fourth-order valence-electron chi connectivity index (χ4n) is 3.07. The number of benzene rings is 1. The van der Waals surface area contributed by atoms with Gasteiger partial charge in [-0.3, -0.25) is 5.32 Å². The third-order valence-corrected chi connectivity index (χ3v) is 3.82. The standard InChI is InChI=1S/C14H18N2O2/c1-10-8-14(6-7-15-9-10)11-4-2-3-5-12(11)16-13(17)18-14/h2-5,10,15H,6-9H2,1H3,(H,16,17). The van der Waals surface area contributed by atoms with Gasteiger partial charge in [-0.05, 0) is 31.5 Å². The Balaban J connectivity index is 2.07. The number of ether oxygens (including phenoxy) is 1. The van der Waals surface area contributed by atoms with Crippen LogP contribution in [-0.4, -0.2) is 19.2 Å². The average Bonchev–Trinajstić information content (AvgIpc) is 2.51. The third-order valence-electron chi connectivity index (χ3n) is 3.82. The minimum absolute atomic E-state index is 0.331. The van der Waals surface area contributed by atoms with E-state index in [9.17, 15) is 4.79 Å². The summed E-state index contributed by atoms with van der Waals surface area (Å²) >= 11 is 0. The number of fused-ring (bicyclic) bond motifs is 2. The summed E-state index contributed by atoms with van der Waals surface area (Å²) in [6.07, 6.45) is 1.38. The number of amides is 1. The van der Waals surface area contributed by atoms with E-state index < -0.39 is 5.60 Å². The van der Waals surface area contributed by atoms with Crippen molar-refractivity contribution >= 4 is 11.8 Å². The summed E-state index contributed by atoms with van der Waals surface area (Å²) in [5.41, 5.74) is 1.55. The summed E-state index contributed by atoms with van der Waals surface area (Å²) < 4.78 is 5.70. The van der Waals surface area contributed by atoms with Crippen LogP contribution in [0, 0.1) is 5.92 Å². The maximum absolute atomic E-state index is 11.8. The molecule has 1 amide bonds. The van der Waals surface area contributed by atoms with Gasteiger partial charge in [-0.2, -0.15) is 0 Å². The van der Waals surface area contributed by atoms with E-state index in [0.717, 1.165) is 37.2 Å². The first-order valence-electron chi connectivity index (χ1n) is 6.50. The zero-order chi connectivity index (χ0) is 12.6. The molecule has 3 rings (SSSR count). The number of hydrogen-bond donors (Lipinski definition) is 2. The molecule has 2 aliphatic rings. The van der Waals surface area contributed by atoms with Crippen molar-refractivity contribution in [2.24, 2.45) is 5.92 Å². The highest BCUT2D eigenvalue weighted by Crippen LogP contribution is 2.43. The van der Waals surface area contributed by atoms with E-state index in [4.69, 9.17) is 4.74 Å². The molecule has 2 unspecified atom stereocenters. The molecule has 2 heterocycles. The number of carbonyl (C=O) groups is 1. The molecule has 1 saturated heterocycles. The SMILES string of the molecule is CC1CNCCC2(C1)OC(=O)Nc1ccccc12. The maximum atomic E-state index is 11.8. The Kier molecular flexibility index (Phi) is 2.74. The van der Waals surface area contributed by atoms with E-state index in [-0.39, 0.29) is 6.09 Å². The number of nitrogens with one attached hydrogen (secondary N) is 2. The largest absolute Gasteiger partial charge is 0.438 e. The number of para-hydroxylation sites is 1. The smallest absolute Gasteiger partial charge is 0.412 e. The van der Waals surface area contributed by atoms with Crippen molar-refractivity contribution in [3.05, 3.63) is 29.8 Å². The first-order chi connectivity index (χ1) is 8.70. The Bertz CT molecular complexity index is 475. The summed E-state index contributed by atoms with van der Waals surface area (Å²) in [5, 5.41) is 6.19. The van der Waals surface area contributed by atoms with Crippen molar-refractivity contribution in [2.75, 3.05) is 18.4 Å². The van der Waals surface area contributed by atoms with Gasteiger partial charge in [0.2, 0.25) is 0 Å². The molecule has 96 valence electrons. The van der Waals surface area contributed by atoms with Crippen LogP contribution in [0.1, 0.15) is 25.3 Å². The summed E-state index contributed by atoms with van der Waals surface area (Å²) in [6, 6.07) is 7.95. The lowest BCUT2D eigenvalue weighted by atomic mass is 9.82. The van der Waals surface area contributed by atoms with Crippen molar-refractivity contribution in [3.63, 3.8) is 0 Å². The lowest BCUT2D eigenvalue weighted by molar-refractivity contribution is -0.00605. The number of hydrogen-bond acceptors (Lipinski definition) is 3. The first-order valence-corrected chi connectivity index (χ1v) is 6.50. The van der Waals surface area contributed by atoms with E-state index in [0.29, 0.717) is 5.92 Å². The number of carbonyl (C=O) groups excluding carboxylic acids is 1. The molecular weight excluding hydrogens is 228 g/mol. The molecule has 0 saturated carbocycles. The minimum atomic E-state index is -0.457. The van der Waals surface area contributed by atoms with Gasteiger partial charge in [-0.1, -0.05) is 25.1 Å². The minimum Gasteiger partial charge on any atom is -0.438 e. The topological polar surface area (TPSA) is 50.4 Å². The number of rotatable bonds is 0. The number of anilines is 1. The first kappa shape index (κ1) is 11.5. The van der Waals surface area contributed by atoms with Crippen LogP contribution in [0.25, 0.3) is 0 Å². The van der Waals surface area contributed by atoms with Crippen molar-refractivity contribution in [1.82, 2.24) is 5.32 Å². The second kappa shape index (κ2) is 4.28. The highest BCUT2D eigenvalue weighted by molar-refractivity contribution is 5.88. The molecule has 1 spiro atoms. The maximum Gasteiger partial charge on any atom is 0.412 e. The highest BCUT2D eigenvalue weighted by atomic mass is 16.6. The quantitative estimate of drug-likeness (QED) is 0.739. The summed E-state index contributed by atoms with van der Waals surface area (Å²) in [7, 11) is 0. The van der Waals surface area contributed by atoms with Gasteiger partial charge < -0.3 is 10.1 Å². The Morgan fingerprint density at radius 2 is 2.22 bits per heavy atom. The fraction of sp³-hybridized carbons (Fsp3) is 0.500. The predicted molar refractivity (Wildman–Crippen MR) is 69.5 cm³/mol. The van der Waals surface area contributed by atoms with Crippen LogP contribution in [0.3, 0.4) is 0 Å². The molecule has 4 heteroatoms. The summed E-state index contributed by atoms with van der Waals surface area (Å²) in [4.78, 5) is 11.8. The molecule has 2 aliphatic heterocycles. The molecule has 2 N–H and O–H groups in total. The van der Waals surface area contributed by atoms with Crippen LogP contribution < -0.4 is 10.6 Å². The van der Waals surface area contributed by atoms with Crippen LogP contribution >= 0.6 is 0 Å².